The summed E-state index contributed by atoms with van der Waals surface area (Å²) in [6, 6.07) is 5.84. The molecule has 0 aliphatic carbocycles. The zero-order valence-corrected chi connectivity index (χ0v) is 11.6. The van der Waals surface area contributed by atoms with Gasteiger partial charge in [0.15, 0.2) is 0 Å². The van der Waals surface area contributed by atoms with Gasteiger partial charge in [0.2, 0.25) is 0 Å². The number of carbonyl (C=O) groups is 1. The molecule has 2 aromatic rings. The summed E-state index contributed by atoms with van der Waals surface area (Å²) < 4.78 is 0. The number of rotatable bonds is 2. The van der Waals surface area contributed by atoms with Crippen LogP contribution < -0.4 is 11.1 Å². The number of carbonyl (C=O) groups excluding carboxylic acids is 1. The number of aromatic nitrogens is 1. The maximum Gasteiger partial charge on any atom is 0.253 e. The molecule has 1 amide bonds. The second-order valence-corrected chi connectivity index (χ2v) is 5.56. The lowest BCUT2D eigenvalue weighted by Crippen LogP contribution is -2.43. The number of nitrogens with two attached hydrogens (primary N) is 1. The van der Waals surface area contributed by atoms with Crippen LogP contribution in [-0.2, 0) is 0 Å². The Morgan fingerprint density at radius 2 is 2.15 bits per heavy atom. The second-order valence-electron chi connectivity index (χ2n) is 5.56. The van der Waals surface area contributed by atoms with E-state index in [-0.39, 0.29) is 11.9 Å². The fraction of sp³-hybridized carbons (Fsp3) is 0.400. The molecule has 1 fully saturated rings. The SMILES string of the molecule is CN1CCC(NC(=O)c2c[nH]c3cc(N)ccc23)CC1. The maximum atomic E-state index is 12.4. The van der Waals surface area contributed by atoms with E-state index in [1.807, 2.05) is 18.2 Å². The normalized spacial score (nSPS) is 17.4. The number of anilines is 1. The van der Waals surface area contributed by atoms with Gasteiger partial charge in [0, 0.05) is 28.8 Å². The molecular formula is C15H20N4O. The largest absolute Gasteiger partial charge is 0.399 e. The average molecular weight is 272 g/mol. The van der Waals surface area contributed by atoms with Gasteiger partial charge in [0.25, 0.3) is 5.91 Å². The van der Waals surface area contributed by atoms with Crippen molar-refractivity contribution >= 4 is 22.5 Å². The van der Waals surface area contributed by atoms with Gasteiger partial charge in [-0.3, -0.25) is 4.79 Å². The van der Waals surface area contributed by atoms with Crippen molar-refractivity contribution in [3.8, 4) is 0 Å². The van der Waals surface area contributed by atoms with Crippen LogP contribution in [0.15, 0.2) is 24.4 Å². The lowest BCUT2D eigenvalue weighted by atomic mass is 10.0. The number of hydrogen-bond acceptors (Lipinski definition) is 3. The molecule has 106 valence electrons. The number of fused-ring (bicyclic) bond motifs is 1. The minimum absolute atomic E-state index is 0.00410. The van der Waals surface area contributed by atoms with Gasteiger partial charge in [-0.1, -0.05) is 0 Å². The highest BCUT2D eigenvalue weighted by Crippen LogP contribution is 2.21. The van der Waals surface area contributed by atoms with Gasteiger partial charge < -0.3 is 20.9 Å². The third-order valence-electron chi connectivity index (χ3n) is 4.00. The third kappa shape index (κ3) is 2.49. The molecule has 5 nitrogen and oxygen atoms in total. The minimum atomic E-state index is -0.00410. The molecule has 0 saturated carbocycles. The summed E-state index contributed by atoms with van der Waals surface area (Å²) in [5.74, 6) is -0.00410. The number of amides is 1. The smallest absolute Gasteiger partial charge is 0.253 e. The predicted molar refractivity (Wildman–Crippen MR) is 80.7 cm³/mol. The molecule has 1 saturated heterocycles. The molecule has 1 aromatic heterocycles. The number of benzene rings is 1. The van der Waals surface area contributed by atoms with Crippen LogP contribution in [0.1, 0.15) is 23.2 Å². The summed E-state index contributed by atoms with van der Waals surface area (Å²) in [7, 11) is 2.11. The highest BCUT2D eigenvalue weighted by molar-refractivity contribution is 6.07. The molecule has 0 unspecified atom stereocenters. The van der Waals surface area contributed by atoms with Gasteiger partial charge in [-0.05, 0) is 51.2 Å². The van der Waals surface area contributed by atoms with Crippen molar-refractivity contribution in [3.05, 3.63) is 30.0 Å². The number of piperidine rings is 1. The summed E-state index contributed by atoms with van der Waals surface area (Å²) >= 11 is 0. The molecule has 1 aliphatic heterocycles. The number of aromatic amines is 1. The van der Waals surface area contributed by atoms with Crippen LogP contribution in [0.2, 0.25) is 0 Å². The van der Waals surface area contributed by atoms with Crippen LogP contribution in [0, 0.1) is 0 Å². The second kappa shape index (κ2) is 5.17. The molecule has 0 radical (unpaired) electrons. The first-order chi connectivity index (χ1) is 9.63. The van der Waals surface area contributed by atoms with Crippen molar-refractivity contribution in [1.29, 1.82) is 0 Å². The topological polar surface area (TPSA) is 74.2 Å². The van der Waals surface area contributed by atoms with E-state index in [4.69, 9.17) is 5.73 Å². The fourth-order valence-electron chi connectivity index (χ4n) is 2.75. The molecule has 2 heterocycles. The van der Waals surface area contributed by atoms with Crippen molar-refractivity contribution in [2.75, 3.05) is 25.9 Å². The van der Waals surface area contributed by atoms with E-state index in [1.165, 1.54) is 0 Å². The molecule has 1 aromatic carbocycles. The average Bonchev–Trinajstić information content (AvgIpc) is 2.84. The molecule has 5 heteroatoms. The maximum absolute atomic E-state index is 12.4. The number of hydrogen-bond donors (Lipinski definition) is 3. The molecule has 3 rings (SSSR count). The third-order valence-corrected chi connectivity index (χ3v) is 4.00. The monoisotopic (exact) mass is 272 g/mol. The van der Waals surface area contributed by atoms with E-state index in [0.29, 0.717) is 11.3 Å². The summed E-state index contributed by atoms with van der Waals surface area (Å²) in [5, 5.41) is 4.05. The van der Waals surface area contributed by atoms with Crippen LogP contribution in [0.3, 0.4) is 0 Å². The summed E-state index contributed by atoms with van der Waals surface area (Å²) in [6.45, 7) is 2.07. The number of likely N-dealkylation sites (tertiary alicyclic amines) is 1. The lowest BCUT2D eigenvalue weighted by molar-refractivity contribution is 0.0918. The highest BCUT2D eigenvalue weighted by atomic mass is 16.1. The molecule has 0 spiro atoms. The van der Waals surface area contributed by atoms with Crippen LogP contribution in [-0.4, -0.2) is 42.0 Å². The minimum Gasteiger partial charge on any atom is -0.399 e. The first-order valence-corrected chi connectivity index (χ1v) is 6.99. The predicted octanol–water partition coefficient (Wildman–Crippen LogP) is 1.57. The Hall–Kier alpha value is -2.01. The number of nitrogens with one attached hydrogen (secondary N) is 2. The summed E-state index contributed by atoms with van der Waals surface area (Å²) in [5.41, 5.74) is 8.04. The van der Waals surface area contributed by atoms with Crippen LogP contribution in [0.5, 0.6) is 0 Å². The van der Waals surface area contributed by atoms with Gasteiger partial charge >= 0.3 is 0 Å². The van der Waals surface area contributed by atoms with E-state index < -0.39 is 0 Å². The highest BCUT2D eigenvalue weighted by Gasteiger charge is 2.20. The van der Waals surface area contributed by atoms with Crippen molar-refractivity contribution in [1.82, 2.24) is 15.2 Å². The Kier molecular flexibility index (Phi) is 3.36. The van der Waals surface area contributed by atoms with Crippen LogP contribution in [0.25, 0.3) is 10.9 Å². The van der Waals surface area contributed by atoms with Crippen LogP contribution in [0.4, 0.5) is 5.69 Å². The van der Waals surface area contributed by atoms with Gasteiger partial charge in [0.05, 0.1) is 5.56 Å². The quantitative estimate of drug-likeness (QED) is 0.727. The lowest BCUT2D eigenvalue weighted by Gasteiger charge is -2.29. The van der Waals surface area contributed by atoms with Gasteiger partial charge in [-0.25, -0.2) is 0 Å². The van der Waals surface area contributed by atoms with Crippen molar-refractivity contribution < 1.29 is 4.79 Å². The zero-order chi connectivity index (χ0) is 14.1. The van der Waals surface area contributed by atoms with Gasteiger partial charge in [-0.15, -0.1) is 0 Å². The van der Waals surface area contributed by atoms with Crippen LogP contribution >= 0.6 is 0 Å². The van der Waals surface area contributed by atoms with Crippen molar-refractivity contribution in [2.45, 2.75) is 18.9 Å². The van der Waals surface area contributed by atoms with E-state index in [2.05, 4.69) is 22.2 Å². The first kappa shape index (κ1) is 13.0. The van der Waals surface area contributed by atoms with E-state index in [1.54, 1.807) is 6.20 Å². The van der Waals surface area contributed by atoms with Gasteiger partial charge in [-0.2, -0.15) is 0 Å². The van der Waals surface area contributed by atoms with Crippen molar-refractivity contribution in [2.24, 2.45) is 0 Å². The standard InChI is InChI=1S/C15H20N4O/c1-19-6-4-11(5-7-19)18-15(20)13-9-17-14-8-10(16)2-3-12(13)14/h2-3,8-9,11,17H,4-7,16H2,1H3,(H,18,20). The van der Waals surface area contributed by atoms with E-state index in [9.17, 15) is 4.79 Å². The van der Waals surface area contributed by atoms with E-state index >= 15 is 0 Å². The van der Waals surface area contributed by atoms with E-state index in [0.717, 1.165) is 36.8 Å². The fourth-order valence-corrected chi connectivity index (χ4v) is 2.75. The Bertz CT molecular complexity index is 626. The molecule has 1 aliphatic rings. The molecule has 0 atom stereocenters. The zero-order valence-electron chi connectivity index (χ0n) is 11.6. The number of nitrogen functional groups attached to an aromatic ring is 1. The molecule has 4 N–H and O–H groups in total. The Morgan fingerprint density at radius 3 is 2.90 bits per heavy atom. The number of nitrogens with zero attached hydrogens (tertiary/aromatic N) is 1. The van der Waals surface area contributed by atoms with Gasteiger partial charge in [0.1, 0.15) is 0 Å². The first-order valence-electron chi connectivity index (χ1n) is 6.99. The Labute approximate surface area is 118 Å². The van der Waals surface area contributed by atoms with Crippen molar-refractivity contribution in [3.63, 3.8) is 0 Å². The molecule has 20 heavy (non-hydrogen) atoms. The molecular weight excluding hydrogens is 252 g/mol. The summed E-state index contributed by atoms with van der Waals surface area (Å²) in [4.78, 5) is 17.8. The Balaban J connectivity index is 1.75. The Morgan fingerprint density at radius 1 is 1.40 bits per heavy atom. The summed E-state index contributed by atoms with van der Waals surface area (Å²) in [6.07, 6.45) is 3.78. The number of H-pyrrole nitrogens is 1. The molecule has 0 bridgehead atoms.